The standard InChI is InChI=1S/C13H19F3/c1-7(8-3-4-8)10-5-9-6-12(9,2)11(10)13(14,15)16/h7-11H,3-6H2,1-2H3/t7-,9-,10?,11?,12?/m0/s1. The molecule has 92 valence electrons. The van der Waals surface area contributed by atoms with E-state index in [9.17, 15) is 13.2 Å². The van der Waals surface area contributed by atoms with Crippen LogP contribution in [0.1, 0.15) is 39.5 Å². The van der Waals surface area contributed by atoms with Crippen LogP contribution in [0.2, 0.25) is 0 Å². The summed E-state index contributed by atoms with van der Waals surface area (Å²) in [6, 6.07) is 0. The molecular weight excluding hydrogens is 213 g/mol. The Morgan fingerprint density at radius 2 is 1.88 bits per heavy atom. The third-order valence-corrected chi connectivity index (χ3v) is 5.55. The summed E-state index contributed by atoms with van der Waals surface area (Å²) in [4.78, 5) is 0. The number of fused-ring (bicyclic) bond motifs is 1. The van der Waals surface area contributed by atoms with Crippen molar-refractivity contribution >= 4 is 0 Å². The fourth-order valence-corrected chi connectivity index (χ4v) is 4.27. The van der Waals surface area contributed by atoms with Gasteiger partial charge >= 0.3 is 6.18 Å². The first-order valence-corrected chi connectivity index (χ1v) is 6.41. The SMILES string of the molecule is C[C@@H](C1CC1)C1C[C@H]2CC2(C)C1C(F)(F)F. The molecule has 3 unspecified atom stereocenters. The fourth-order valence-electron chi connectivity index (χ4n) is 4.27. The molecule has 0 spiro atoms. The first kappa shape index (κ1) is 10.9. The van der Waals surface area contributed by atoms with Gasteiger partial charge in [0, 0.05) is 0 Å². The quantitative estimate of drug-likeness (QED) is 0.667. The molecule has 0 aromatic rings. The highest BCUT2D eigenvalue weighted by Gasteiger charge is 2.71. The monoisotopic (exact) mass is 232 g/mol. The molecule has 3 rings (SSSR count). The van der Waals surface area contributed by atoms with E-state index in [4.69, 9.17) is 0 Å². The topological polar surface area (TPSA) is 0 Å². The van der Waals surface area contributed by atoms with Crippen LogP contribution < -0.4 is 0 Å². The summed E-state index contributed by atoms with van der Waals surface area (Å²) < 4.78 is 39.5. The van der Waals surface area contributed by atoms with Crippen LogP contribution in [-0.4, -0.2) is 6.18 Å². The molecule has 0 amide bonds. The maximum atomic E-state index is 13.2. The summed E-state index contributed by atoms with van der Waals surface area (Å²) in [5.41, 5.74) is -0.397. The number of rotatable bonds is 2. The largest absolute Gasteiger partial charge is 0.392 e. The Labute approximate surface area is 94.6 Å². The van der Waals surface area contributed by atoms with Crippen LogP contribution in [0.5, 0.6) is 0 Å². The molecule has 3 heteroatoms. The molecule has 3 aliphatic carbocycles. The third kappa shape index (κ3) is 1.42. The predicted octanol–water partition coefficient (Wildman–Crippen LogP) is 4.26. The molecule has 0 aromatic heterocycles. The molecule has 0 nitrogen and oxygen atoms in total. The van der Waals surface area contributed by atoms with E-state index in [-0.39, 0.29) is 11.8 Å². The highest BCUT2D eigenvalue weighted by atomic mass is 19.4. The zero-order chi connectivity index (χ0) is 11.7. The lowest BCUT2D eigenvalue weighted by atomic mass is 9.75. The van der Waals surface area contributed by atoms with Crippen LogP contribution in [0.4, 0.5) is 13.2 Å². The lowest BCUT2D eigenvalue weighted by Crippen LogP contribution is -2.36. The van der Waals surface area contributed by atoms with E-state index in [1.807, 2.05) is 6.92 Å². The Balaban J connectivity index is 1.83. The van der Waals surface area contributed by atoms with Gasteiger partial charge in [0.2, 0.25) is 0 Å². The van der Waals surface area contributed by atoms with Crippen LogP contribution in [0.3, 0.4) is 0 Å². The average Bonchev–Trinajstić information content (AvgIpc) is 3.02. The minimum absolute atomic E-state index is 0.0868. The van der Waals surface area contributed by atoms with Gasteiger partial charge in [-0.2, -0.15) is 13.2 Å². The van der Waals surface area contributed by atoms with Gasteiger partial charge in [0.05, 0.1) is 5.92 Å². The third-order valence-electron chi connectivity index (χ3n) is 5.55. The highest BCUT2D eigenvalue weighted by molar-refractivity contribution is 5.14. The Bertz CT molecular complexity index is 305. The van der Waals surface area contributed by atoms with Gasteiger partial charge in [0.1, 0.15) is 0 Å². The van der Waals surface area contributed by atoms with Gasteiger partial charge in [0.25, 0.3) is 0 Å². The van der Waals surface area contributed by atoms with E-state index in [0.717, 1.165) is 25.7 Å². The summed E-state index contributed by atoms with van der Waals surface area (Å²) in [7, 11) is 0. The zero-order valence-corrected chi connectivity index (χ0v) is 9.85. The second kappa shape index (κ2) is 2.97. The van der Waals surface area contributed by atoms with Gasteiger partial charge in [0.15, 0.2) is 0 Å². The van der Waals surface area contributed by atoms with Crippen molar-refractivity contribution in [3.05, 3.63) is 0 Å². The van der Waals surface area contributed by atoms with Crippen molar-refractivity contribution in [2.75, 3.05) is 0 Å². The van der Waals surface area contributed by atoms with Crippen LogP contribution in [0.25, 0.3) is 0 Å². The molecule has 5 atom stereocenters. The molecule has 0 bridgehead atoms. The Hall–Kier alpha value is -0.210. The van der Waals surface area contributed by atoms with Crippen molar-refractivity contribution < 1.29 is 13.2 Å². The van der Waals surface area contributed by atoms with Gasteiger partial charge in [-0.15, -0.1) is 0 Å². The summed E-state index contributed by atoms with van der Waals surface area (Å²) in [6.07, 6.45) is -0.0233. The van der Waals surface area contributed by atoms with Crippen LogP contribution in [0, 0.1) is 35.0 Å². The number of hydrogen-bond acceptors (Lipinski definition) is 0. The molecule has 3 saturated carbocycles. The summed E-state index contributed by atoms with van der Waals surface area (Å²) >= 11 is 0. The predicted molar refractivity (Wildman–Crippen MR) is 55.8 cm³/mol. The zero-order valence-electron chi connectivity index (χ0n) is 9.85. The molecule has 3 aliphatic rings. The van der Waals surface area contributed by atoms with Crippen LogP contribution in [0.15, 0.2) is 0 Å². The van der Waals surface area contributed by atoms with E-state index in [1.54, 1.807) is 0 Å². The van der Waals surface area contributed by atoms with E-state index in [0.29, 0.717) is 11.8 Å². The smallest absolute Gasteiger partial charge is 0.171 e. The Morgan fingerprint density at radius 3 is 2.38 bits per heavy atom. The minimum atomic E-state index is -3.98. The van der Waals surface area contributed by atoms with E-state index in [2.05, 4.69) is 6.92 Å². The summed E-state index contributed by atoms with van der Waals surface area (Å²) in [5, 5.41) is 0. The molecule has 0 aromatic carbocycles. The van der Waals surface area contributed by atoms with E-state index >= 15 is 0 Å². The second-order valence-electron chi connectivity index (χ2n) is 6.52. The molecule has 3 fully saturated rings. The molecule has 0 radical (unpaired) electrons. The van der Waals surface area contributed by atoms with Gasteiger partial charge in [-0.3, -0.25) is 0 Å². The lowest BCUT2D eigenvalue weighted by molar-refractivity contribution is -0.205. The minimum Gasteiger partial charge on any atom is -0.171 e. The Morgan fingerprint density at radius 1 is 1.25 bits per heavy atom. The first-order valence-electron chi connectivity index (χ1n) is 6.41. The molecular formula is C13H19F3. The van der Waals surface area contributed by atoms with Gasteiger partial charge < -0.3 is 0 Å². The number of hydrogen-bond donors (Lipinski definition) is 0. The van der Waals surface area contributed by atoms with Gasteiger partial charge in [-0.1, -0.05) is 13.8 Å². The molecule has 16 heavy (non-hydrogen) atoms. The summed E-state index contributed by atoms with van der Waals surface area (Å²) in [5.74, 6) is 0.148. The molecule has 0 aliphatic heterocycles. The van der Waals surface area contributed by atoms with Crippen LogP contribution in [-0.2, 0) is 0 Å². The van der Waals surface area contributed by atoms with Gasteiger partial charge in [-0.05, 0) is 54.8 Å². The van der Waals surface area contributed by atoms with Crippen LogP contribution >= 0.6 is 0 Å². The fraction of sp³-hybridized carbons (Fsp3) is 1.00. The van der Waals surface area contributed by atoms with Crippen molar-refractivity contribution in [3.63, 3.8) is 0 Å². The van der Waals surface area contributed by atoms with E-state index in [1.165, 1.54) is 0 Å². The van der Waals surface area contributed by atoms with Crippen molar-refractivity contribution in [3.8, 4) is 0 Å². The lowest BCUT2D eigenvalue weighted by Gasteiger charge is -2.33. The Kier molecular flexibility index (Phi) is 2.02. The second-order valence-corrected chi connectivity index (χ2v) is 6.52. The van der Waals surface area contributed by atoms with Crippen molar-refractivity contribution in [2.24, 2.45) is 35.0 Å². The molecule has 0 saturated heterocycles. The van der Waals surface area contributed by atoms with Crippen molar-refractivity contribution in [1.29, 1.82) is 0 Å². The van der Waals surface area contributed by atoms with Gasteiger partial charge in [-0.25, -0.2) is 0 Å². The average molecular weight is 232 g/mol. The normalized spacial score (nSPS) is 48.9. The number of alkyl halides is 3. The number of halogens is 3. The maximum Gasteiger partial charge on any atom is 0.392 e. The first-order chi connectivity index (χ1) is 7.34. The molecule has 0 N–H and O–H groups in total. The molecule has 0 heterocycles. The van der Waals surface area contributed by atoms with Crippen molar-refractivity contribution in [2.45, 2.75) is 45.7 Å². The van der Waals surface area contributed by atoms with E-state index < -0.39 is 17.5 Å². The van der Waals surface area contributed by atoms with Crippen molar-refractivity contribution in [1.82, 2.24) is 0 Å². The summed E-state index contributed by atoms with van der Waals surface area (Å²) in [6.45, 7) is 3.91. The maximum absolute atomic E-state index is 13.2. The highest BCUT2D eigenvalue weighted by Crippen LogP contribution is 2.73.